The normalized spacial score (nSPS) is 12.3. The third-order valence-electron chi connectivity index (χ3n) is 3.76. The molecule has 1 N–H and O–H groups in total. The third-order valence-corrected chi connectivity index (χ3v) is 3.76. The van der Waals surface area contributed by atoms with Crippen LogP contribution in [0.3, 0.4) is 0 Å². The van der Waals surface area contributed by atoms with Crippen molar-refractivity contribution in [2.75, 3.05) is 14.1 Å². The van der Waals surface area contributed by atoms with E-state index in [-0.39, 0.29) is 11.7 Å². The van der Waals surface area contributed by atoms with E-state index in [1.807, 2.05) is 38.9 Å². The van der Waals surface area contributed by atoms with Crippen molar-refractivity contribution in [3.05, 3.63) is 64.7 Å². The van der Waals surface area contributed by atoms with Gasteiger partial charge in [0.15, 0.2) is 0 Å². The fourth-order valence-electron chi connectivity index (χ4n) is 2.52. The SMILES string of the molecule is Cc1cc(C)c(CNC(=O)[C@@H](c2ccc(F)cc2)N(C)C)cn1. The van der Waals surface area contributed by atoms with Gasteiger partial charge in [-0.1, -0.05) is 12.1 Å². The highest BCUT2D eigenvalue weighted by Crippen LogP contribution is 2.19. The highest BCUT2D eigenvalue weighted by molar-refractivity contribution is 5.83. The van der Waals surface area contributed by atoms with Crippen molar-refractivity contribution in [2.24, 2.45) is 0 Å². The van der Waals surface area contributed by atoms with Crippen molar-refractivity contribution < 1.29 is 9.18 Å². The lowest BCUT2D eigenvalue weighted by Crippen LogP contribution is -2.36. The summed E-state index contributed by atoms with van der Waals surface area (Å²) in [5.41, 5.74) is 3.80. The molecule has 0 spiro atoms. The van der Waals surface area contributed by atoms with E-state index in [0.29, 0.717) is 6.54 Å². The molecule has 1 amide bonds. The number of benzene rings is 1. The molecule has 1 aromatic heterocycles. The van der Waals surface area contributed by atoms with Gasteiger partial charge in [-0.05, 0) is 62.8 Å². The van der Waals surface area contributed by atoms with E-state index < -0.39 is 6.04 Å². The predicted octanol–water partition coefficient (Wildman–Crippen LogP) is 2.76. The summed E-state index contributed by atoms with van der Waals surface area (Å²) in [6.45, 7) is 4.36. The maximum atomic E-state index is 13.1. The average molecular weight is 315 g/mol. The number of likely N-dealkylation sites (N-methyl/N-ethyl adjacent to an activating group) is 1. The Balaban J connectivity index is 2.11. The summed E-state index contributed by atoms with van der Waals surface area (Å²) in [5, 5.41) is 2.94. The molecule has 122 valence electrons. The molecule has 0 fully saturated rings. The number of amides is 1. The van der Waals surface area contributed by atoms with Gasteiger partial charge in [-0.15, -0.1) is 0 Å². The summed E-state index contributed by atoms with van der Waals surface area (Å²) in [7, 11) is 3.65. The summed E-state index contributed by atoms with van der Waals surface area (Å²) >= 11 is 0. The minimum absolute atomic E-state index is 0.124. The molecule has 2 aromatic rings. The number of carbonyl (C=O) groups excluding carboxylic acids is 1. The first-order valence-electron chi connectivity index (χ1n) is 7.50. The van der Waals surface area contributed by atoms with Crippen LogP contribution in [-0.2, 0) is 11.3 Å². The number of rotatable bonds is 5. The minimum Gasteiger partial charge on any atom is -0.350 e. The fourth-order valence-corrected chi connectivity index (χ4v) is 2.52. The van der Waals surface area contributed by atoms with Gasteiger partial charge in [-0.3, -0.25) is 14.7 Å². The second-order valence-corrected chi connectivity index (χ2v) is 5.89. The molecule has 0 bridgehead atoms. The van der Waals surface area contributed by atoms with Crippen LogP contribution in [0.5, 0.6) is 0 Å². The fraction of sp³-hybridized carbons (Fsp3) is 0.333. The lowest BCUT2D eigenvalue weighted by Gasteiger charge is -2.24. The summed E-state index contributed by atoms with van der Waals surface area (Å²) in [4.78, 5) is 18.6. The van der Waals surface area contributed by atoms with Gasteiger partial charge in [0.2, 0.25) is 5.91 Å². The molecule has 2 rings (SSSR count). The first kappa shape index (κ1) is 17.1. The summed E-state index contributed by atoms with van der Waals surface area (Å²) in [5.74, 6) is -0.436. The molecule has 1 aromatic carbocycles. The average Bonchev–Trinajstić information content (AvgIpc) is 2.48. The zero-order valence-electron chi connectivity index (χ0n) is 13.9. The van der Waals surface area contributed by atoms with Crippen LogP contribution >= 0.6 is 0 Å². The Morgan fingerprint density at radius 2 is 1.91 bits per heavy atom. The van der Waals surface area contributed by atoms with E-state index in [1.165, 1.54) is 12.1 Å². The number of aryl methyl sites for hydroxylation is 2. The standard InChI is InChI=1S/C18H22FN3O/c1-12-9-13(2)20-10-15(12)11-21-18(23)17(22(3)4)14-5-7-16(19)8-6-14/h5-10,17H,11H2,1-4H3,(H,21,23)/t17-/m1/s1. The van der Waals surface area contributed by atoms with Crippen molar-refractivity contribution in [2.45, 2.75) is 26.4 Å². The number of hydrogen-bond acceptors (Lipinski definition) is 3. The van der Waals surface area contributed by atoms with Crippen LogP contribution in [0, 0.1) is 19.7 Å². The zero-order valence-corrected chi connectivity index (χ0v) is 13.9. The van der Waals surface area contributed by atoms with Crippen molar-refractivity contribution in [3.63, 3.8) is 0 Å². The Hall–Kier alpha value is -2.27. The van der Waals surface area contributed by atoms with Gasteiger partial charge in [-0.2, -0.15) is 0 Å². The van der Waals surface area contributed by atoms with Gasteiger partial charge in [-0.25, -0.2) is 4.39 Å². The van der Waals surface area contributed by atoms with Gasteiger partial charge < -0.3 is 5.32 Å². The molecule has 0 aliphatic rings. The molecule has 5 heteroatoms. The van der Waals surface area contributed by atoms with Gasteiger partial charge in [0.25, 0.3) is 0 Å². The summed E-state index contributed by atoms with van der Waals surface area (Å²) < 4.78 is 13.1. The number of pyridine rings is 1. The van der Waals surface area contributed by atoms with E-state index in [0.717, 1.165) is 22.4 Å². The molecular formula is C18H22FN3O. The zero-order chi connectivity index (χ0) is 17.0. The quantitative estimate of drug-likeness (QED) is 0.923. The van der Waals surface area contributed by atoms with Crippen molar-refractivity contribution in [1.82, 2.24) is 15.2 Å². The first-order chi connectivity index (χ1) is 10.9. The monoisotopic (exact) mass is 315 g/mol. The molecule has 0 saturated carbocycles. The molecule has 4 nitrogen and oxygen atoms in total. The minimum atomic E-state index is -0.464. The van der Waals surface area contributed by atoms with E-state index in [2.05, 4.69) is 10.3 Å². The smallest absolute Gasteiger partial charge is 0.242 e. The third kappa shape index (κ3) is 4.36. The van der Waals surface area contributed by atoms with Crippen molar-refractivity contribution in [1.29, 1.82) is 0 Å². The molecule has 0 radical (unpaired) electrons. The van der Waals surface area contributed by atoms with Gasteiger partial charge in [0.1, 0.15) is 11.9 Å². The number of nitrogens with one attached hydrogen (secondary N) is 1. The van der Waals surface area contributed by atoms with E-state index in [9.17, 15) is 9.18 Å². The number of aromatic nitrogens is 1. The number of hydrogen-bond donors (Lipinski definition) is 1. The molecule has 0 aliphatic heterocycles. The maximum absolute atomic E-state index is 13.1. The molecule has 0 unspecified atom stereocenters. The molecule has 1 heterocycles. The molecule has 0 saturated heterocycles. The highest BCUT2D eigenvalue weighted by Gasteiger charge is 2.22. The van der Waals surface area contributed by atoms with Crippen LogP contribution in [0.2, 0.25) is 0 Å². The largest absolute Gasteiger partial charge is 0.350 e. The second-order valence-electron chi connectivity index (χ2n) is 5.89. The Labute approximate surface area is 136 Å². The Morgan fingerprint density at radius 3 is 2.48 bits per heavy atom. The molecule has 23 heavy (non-hydrogen) atoms. The summed E-state index contributed by atoms with van der Waals surface area (Å²) in [6, 6.07) is 7.54. The van der Waals surface area contributed by atoms with Crippen LogP contribution in [0.25, 0.3) is 0 Å². The van der Waals surface area contributed by atoms with E-state index >= 15 is 0 Å². The van der Waals surface area contributed by atoms with Gasteiger partial charge in [0.05, 0.1) is 0 Å². The van der Waals surface area contributed by atoms with E-state index in [1.54, 1.807) is 18.3 Å². The lowest BCUT2D eigenvalue weighted by molar-refractivity contribution is -0.125. The van der Waals surface area contributed by atoms with Crippen LogP contribution in [-0.4, -0.2) is 29.9 Å². The van der Waals surface area contributed by atoms with Crippen molar-refractivity contribution >= 4 is 5.91 Å². The van der Waals surface area contributed by atoms with Crippen LogP contribution in [0.1, 0.15) is 28.4 Å². The van der Waals surface area contributed by atoms with Gasteiger partial charge >= 0.3 is 0 Å². The molecular weight excluding hydrogens is 293 g/mol. The predicted molar refractivity (Wildman–Crippen MR) is 88.4 cm³/mol. The topological polar surface area (TPSA) is 45.2 Å². The van der Waals surface area contributed by atoms with Crippen LogP contribution in [0.15, 0.2) is 36.5 Å². The maximum Gasteiger partial charge on any atom is 0.242 e. The number of carbonyl (C=O) groups is 1. The Bertz CT molecular complexity index is 683. The second kappa shape index (κ2) is 7.33. The van der Waals surface area contributed by atoms with Crippen LogP contribution < -0.4 is 5.32 Å². The van der Waals surface area contributed by atoms with Crippen LogP contribution in [0.4, 0.5) is 4.39 Å². The van der Waals surface area contributed by atoms with Crippen molar-refractivity contribution in [3.8, 4) is 0 Å². The molecule has 0 aliphatic carbocycles. The summed E-state index contributed by atoms with van der Waals surface area (Å²) in [6.07, 6.45) is 1.79. The highest BCUT2D eigenvalue weighted by atomic mass is 19.1. The Kier molecular flexibility index (Phi) is 5.45. The Morgan fingerprint density at radius 1 is 1.26 bits per heavy atom. The number of halogens is 1. The lowest BCUT2D eigenvalue weighted by atomic mass is 10.0. The number of nitrogens with zero attached hydrogens (tertiary/aromatic N) is 2. The van der Waals surface area contributed by atoms with E-state index in [4.69, 9.17) is 0 Å². The molecule has 1 atom stereocenters. The van der Waals surface area contributed by atoms with Gasteiger partial charge in [0, 0.05) is 18.4 Å². The first-order valence-corrected chi connectivity index (χ1v) is 7.50.